The van der Waals surface area contributed by atoms with E-state index in [0.29, 0.717) is 44.4 Å². The summed E-state index contributed by atoms with van der Waals surface area (Å²) in [6, 6.07) is 22.8. The number of fused-ring (bicyclic) bond motifs is 4. The first-order valence-electron chi connectivity index (χ1n) is 11.0. The number of anilines is 1. The monoisotopic (exact) mass is 491 g/mol. The zero-order valence-electron chi connectivity index (χ0n) is 18.9. The van der Waals surface area contributed by atoms with Crippen LogP contribution in [0.1, 0.15) is 5.01 Å². The van der Waals surface area contributed by atoms with Crippen LogP contribution in [0.2, 0.25) is 0 Å². The topological polar surface area (TPSA) is 101 Å². The summed E-state index contributed by atoms with van der Waals surface area (Å²) in [5, 5.41) is 17.9. The molecule has 3 heterocycles. The van der Waals surface area contributed by atoms with Gasteiger partial charge in [0, 0.05) is 33.8 Å². The quantitative estimate of drug-likeness (QED) is 0.209. The number of nitriles is 1. The summed E-state index contributed by atoms with van der Waals surface area (Å²) in [5.41, 5.74) is 3.27. The van der Waals surface area contributed by atoms with Gasteiger partial charge in [-0.3, -0.25) is 0 Å². The first kappa shape index (κ1) is 21.6. The van der Waals surface area contributed by atoms with Crippen LogP contribution in [0.3, 0.4) is 0 Å². The second-order valence-corrected chi connectivity index (χ2v) is 8.84. The predicted molar refractivity (Wildman–Crippen MR) is 141 cm³/mol. The molecule has 0 aliphatic carbocycles. The van der Waals surface area contributed by atoms with Crippen LogP contribution in [0.15, 0.2) is 91.9 Å². The Morgan fingerprint density at radius 2 is 1.83 bits per heavy atom. The van der Waals surface area contributed by atoms with Gasteiger partial charge in [-0.25, -0.2) is 9.78 Å². The molecule has 7 nitrogen and oxygen atoms in total. The third-order valence-electron chi connectivity index (χ3n) is 5.84. The number of rotatable bonds is 5. The van der Waals surface area contributed by atoms with E-state index < -0.39 is 5.63 Å². The molecule has 0 amide bonds. The van der Waals surface area contributed by atoms with Crippen molar-refractivity contribution in [2.45, 2.75) is 0 Å². The third kappa shape index (κ3) is 3.68. The number of ether oxygens (including phenoxy) is 1. The Morgan fingerprint density at radius 3 is 2.67 bits per heavy atom. The van der Waals surface area contributed by atoms with E-state index in [1.807, 2.05) is 54.6 Å². The van der Waals surface area contributed by atoms with Gasteiger partial charge in [-0.1, -0.05) is 36.4 Å². The van der Waals surface area contributed by atoms with Gasteiger partial charge in [0.05, 0.1) is 24.1 Å². The molecule has 0 atom stereocenters. The van der Waals surface area contributed by atoms with E-state index in [-0.39, 0.29) is 0 Å². The van der Waals surface area contributed by atoms with Crippen molar-refractivity contribution in [3.05, 3.63) is 93.7 Å². The van der Waals surface area contributed by atoms with Gasteiger partial charge in [-0.2, -0.15) is 5.26 Å². The SMILES string of the molecule is COc1cc2c(cc1NC=C(C#N)c1nc(-c3cc4ccccc4oc3=O)cs1)oc1ccccc12. The average molecular weight is 492 g/mol. The average Bonchev–Trinajstić information content (AvgIpc) is 3.53. The molecule has 0 radical (unpaired) electrons. The second-order valence-electron chi connectivity index (χ2n) is 7.98. The van der Waals surface area contributed by atoms with Crippen molar-refractivity contribution in [3.63, 3.8) is 0 Å². The molecule has 0 unspecified atom stereocenters. The summed E-state index contributed by atoms with van der Waals surface area (Å²) in [7, 11) is 1.59. The van der Waals surface area contributed by atoms with E-state index in [4.69, 9.17) is 13.6 Å². The van der Waals surface area contributed by atoms with Gasteiger partial charge in [-0.15, -0.1) is 11.3 Å². The number of thiazole rings is 1. The fourth-order valence-corrected chi connectivity index (χ4v) is 4.87. The van der Waals surface area contributed by atoms with Crippen molar-refractivity contribution in [3.8, 4) is 23.1 Å². The highest BCUT2D eigenvalue weighted by molar-refractivity contribution is 7.11. The smallest absolute Gasteiger partial charge is 0.345 e. The zero-order valence-corrected chi connectivity index (χ0v) is 19.8. The number of benzene rings is 3. The van der Waals surface area contributed by atoms with Crippen molar-refractivity contribution < 1.29 is 13.6 Å². The summed E-state index contributed by atoms with van der Waals surface area (Å²) in [4.78, 5) is 17.0. The van der Waals surface area contributed by atoms with Crippen molar-refractivity contribution >= 4 is 55.5 Å². The first-order chi connectivity index (χ1) is 17.6. The third-order valence-corrected chi connectivity index (χ3v) is 6.72. The molecule has 6 rings (SSSR count). The van der Waals surface area contributed by atoms with Crippen LogP contribution in [0.4, 0.5) is 5.69 Å². The minimum Gasteiger partial charge on any atom is -0.495 e. The van der Waals surface area contributed by atoms with Crippen LogP contribution in [0, 0.1) is 11.3 Å². The Balaban J connectivity index is 1.34. The number of methoxy groups -OCH3 is 1. The lowest BCUT2D eigenvalue weighted by Gasteiger charge is -2.08. The van der Waals surface area contributed by atoms with E-state index >= 15 is 0 Å². The number of aromatic nitrogens is 1. The maximum atomic E-state index is 12.5. The van der Waals surface area contributed by atoms with Gasteiger partial charge < -0.3 is 18.9 Å². The summed E-state index contributed by atoms with van der Waals surface area (Å²) in [6.45, 7) is 0. The molecule has 0 bridgehead atoms. The molecule has 0 aliphatic heterocycles. The van der Waals surface area contributed by atoms with E-state index in [2.05, 4.69) is 16.4 Å². The fourth-order valence-electron chi connectivity index (χ4n) is 4.09. The van der Waals surface area contributed by atoms with Crippen LogP contribution < -0.4 is 15.7 Å². The minimum atomic E-state index is -0.477. The van der Waals surface area contributed by atoms with Crippen molar-refractivity contribution in [1.82, 2.24) is 4.98 Å². The van der Waals surface area contributed by atoms with Gasteiger partial charge in [-0.05, 0) is 24.3 Å². The van der Waals surface area contributed by atoms with Crippen LogP contribution in [0.25, 0.3) is 49.7 Å². The number of hydrogen-bond donors (Lipinski definition) is 1. The largest absolute Gasteiger partial charge is 0.495 e. The number of furan rings is 1. The number of para-hydroxylation sites is 2. The molecule has 0 fully saturated rings. The molecule has 174 valence electrons. The molecule has 3 aromatic heterocycles. The highest BCUT2D eigenvalue weighted by atomic mass is 32.1. The Bertz CT molecular complexity index is 1910. The molecule has 0 aliphatic rings. The second kappa shape index (κ2) is 8.73. The molecule has 3 aromatic carbocycles. The molecule has 1 N–H and O–H groups in total. The lowest BCUT2D eigenvalue weighted by Crippen LogP contribution is -2.02. The highest BCUT2D eigenvalue weighted by Gasteiger charge is 2.15. The maximum Gasteiger partial charge on any atom is 0.345 e. The van der Waals surface area contributed by atoms with Crippen LogP contribution >= 0.6 is 11.3 Å². The number of nitrogens with zero attached hydrogens (tertiary/aromatic N) is 2. The molecule has 0 saturated heterocycles. The molecule has 0 spiro atoms. The van der Waals surface area contributed by atoms with E-state index in [1.165, 1.54) is 11.3 Å². The van der Waals surface area contributed by atoms with Crippen molar-refractivity contribution in [1.29, 1.82) is 5.26 Å². The Kier molecular flexibility index (Phi) is 5.25. The fraction of sp³-hybridized carbons (Fsp3) is 0.0357. The van der Waals surface area contributed by atoms with Gasteiger partial charge in [0.2, 0.25) is 0 Å². The Hall–Kier alpha value is -4.87. The minimum absolute atomic E-state index is 0.309. The lowest BCUT2D eigenvalue weighted by molar-refractivity contribution is 0.417. The van der Waals surface area contributed by atoms with Gasteiger partial charge in [0.1, 0.15) is 39.1 Å². The van der Waals surface area contributed by atoms with Gasteiger partial charge in [0.15, 0.2) is 0 Å². The highest BCUT2D eigenvalue weighted by Crippen LogP contribution is 2.36. The van der Waals surface area contributed by atoms with Crippen molar-refractivity contribution in [2.24, 2.45) is 0 Å². The normalized spacial score (nSPS) is 11.7. The number of hydrogen-bond acceptors (Lipinski definition) is 8. The molecule has 8 heteroatoms. The summed E-state index contributed by atoms with van der Waals surface area (Å²) in [6.07, 6.45) is 1.57. The van der Waals surface area contributed by atoms with Gasteiger partial charge >= 0.3 is 5.63 Å². The van der Waals surface area contributed by atoms with Crippen LogP contribution in [-0.4, -0.2) is 12.1 Å². The standard InChI is InChI=1S/C28H17N3O4S/c1-33-26-11-19-18-7-3-5-9-24(18)34-25(19)12-21(26)30-14-17(13-29)27-31-22(15-36-27)20-10-16-6-2-4-8-23(16)35-28(20)32/h2-12,14-15,30H,1H3. The Morgan fingerprint density at radius 1 is 1.03 bits per heavy atom. The van der Waals surface area contributed by atoms with E-state index in [0.717, 1.165) is 21.7 Å². The van der Waals surface area contributed by atoms with Crippen LogP contribution in [0.5, 0.6) is 5.75 Å². The zero-order chi connectivity index (χ0) is 24.6. The first-order valence-corrected chi connectivity index (χ1v) is 11.9. The lowest BCUT2D eigenvalue weighted by atomic mass is 10.1. The molecular formula is C28H17N3O4S. The molecule has 6 aromatic rings. The summed E-state index contributed by atoms with van der Waals surface area (Å²) < 4.78 is 17.0. The molecule has 36 heavy (non-hydrogen) atoms. The van der Waals surface area contributed by atoms with Gasteiger partial charge in [0.25, 0.3) is 0 Å². The van der Waals surface area contributed by atoms with E-state index in [9.17, 15) is 10.1 Å². The number of nitrogens with one attached hydrogen (secondary N) is 1. The molecular weight excluding hydrogens is 474 g/mol. The van der Waals surface area contributed by atoms with Crippen LogP contribution in [-0.2, 0) is 0 Å². The Labute approximate surface area is 208 Å². The number of allylic oxidation sites excluding steroid dienone is 1. The predicted octanol–water partition coefficient (Wildman–Crippen LogP) is 6.80. The van der Waals surface area contributed by atoms with E-state index in [1.54, 1.807) is 30.8 Å². The summed E-state index contributed by atoms with van der Waals surface area (Å²) in [5.74, 6) is 0.608. The maximum absolute atomic E-state index is 12.5. The molecule has 0 saturated carbocycles. The summed E-state index contributed by atoms with van der Waals surface area (Å²) >= 11 is 1.27. The van der Waals surface area contributed by atoms with Crippen molar-refractivity contribution in [2.75, 3.05) is 12.4 Å².